The third-order valence-corrected chi connectivity index (χ3v) is 3.26. The number of nitrogens with one attached hydrogen (secondary N) is 2. The van der Waals surface area contributed by atoms with Crippen molar-refractivity contribution in [1.82, 2.24) is 5.32 Å². The zero-order valence-electron chi connectivity index (χ0n) is 13.8. The van der Waals surface area contributed by atoms with Crippen molar-refractivity contribution in [2.24, 2.45) is 0 Å². The van der Waals surface area contributed by atoms with E-state index in [2.05, 4.69) is 10.6 Å². The smallest absolute Gasteiger partial charge is 0.272 e. The third kappa shape index (κ3) is 5.28. The van der Waals surface area contributed by atoms with Crippen molar-refractivity contribution in [3.63, 3.8) is 0 Å². The maximum absolute atomic E-state index is 12.4. The van der Waals surface area contributed by atoms with Crippen LogP contribution in [0.3, 0.4) is 0 Å². The van der Waals surface area contributed by atoms with Crippen LogP contribution < -0.4 is 10.6 Å². The van der Waals surface area contributed by atoms with Gasteiger partial charge in [-0.1, -0.05) is 29.8 Å². The molecule has 2 N–H and O–H groups in total. The molecule has 0 heterocycles. The van der Waals surface area contributed by atoms with E-state index in [0.29, 0.717) is 11.3 Å². The zero-order chi connectivity index (χ0) is 18.4. The summed E-state index contributed by atoms with van der Waals surface area (Å²) in [6.07, 6.45) is 1.39. The summed E-state index contributed by atoms with van der Waals surface area (Å²) in [5.74, 6) is -0.943. The molecule has 0 atom stereocenters. The molecule has 0 aliphatic heterocycles. The van der Waals surface area contributed by atoms with E-state index in [9.17, 15) is 19.7 Å². The molecule has 7 nitrogen and oxygen atoms in total. The first-order valence-electron chi connectivity index (χ1n) is 7.47. The number of rotatable bonds is 5. The summed E-state index contributed by atoms with van der Waals surface area (Å²) in [4.78, 5) is 34.1. The van der Waals surface area contributed by atoms with E-state index in [1.807, 2.05) is 19.1 Å². The van der Waals surface area contributed by atoms with Crippen molar-refractivity contribution in [2.45, 2.75) is 13.8 Å². The molecule has 128 valence electrons. The first-order valence-corrected chi connectivity index (χ1v) is 7.47. The first kappa shape index (κ1) is 17.9. The highest BCUT2D eigenvalue weighted by Crippen LogP contribution is 2.16. The fourth-order valence-electron chi connectivity index (χ4n) is 2.08. The van der Waals surface area contributed by atoms with Gasteiger partial charge in [-0.3, -0.25) is 19.7 Å². The Labute approximate surface area is 144 Å². The average Bonchev–Trinajstić information content (AvgIpc) is 2.56. The summed E-state index contributed by atoms with van der Waals surface area (Å²) in [5.41, 5.74) is 1.94. The Hall–Kier alpha value is -3.48. The summed E-state index contributed by atoms with van der Waals surface area (Å²) in [5, 5.41) is 16.0. The number of aryl methyl sites for hydroxylation is 1. The lowest BCUT2D eigenvalue weighted by Crippen LogP contribution is -2.28. The normalized spacial score (nSPS) is 10.9. The predicted molar refractivity (Wildman–Crippen MR) is 94.7 cm³/mol. The minimum atomic E-state index is -0.526. The van der Waals surface area contributed by atoms with Crippen LogP contribution >= 0.6 is 0 Å². The van der Waals surface area contributed by atoms with E-state index < -0.39 is 16.7 Å². The highest BCUT2D eigenvalue weighted by Gasteiger charge is 2.13. The van der Waals surface area contributed by atoms with Crippen LogP contribution in [0.25, 0.3) is 6.08 Å². The number of nitrogens with zero attached hydrogens (tertiary/aromatic N) is 1. The van der Waals surface area contributed by atoms with Gasteiger partial charge in [0.15, 0.2) is 0 Å². The number of non-ortho nitro benzene ring substituents is 1. The van der Waals surface area contributed by atoms with Crippen LogP contribution in [0.15, 0.2) is 54.2 Å². The number of hydrogen-bond donors (Lipinski definition) is 2. The van der Waals surface area contributed by atoms with Crippen LogP contribution in [0, 0.1) is 17.0 Å². The van der Waals surface area contributed by atoms with Gasteiger partial charge in [-0.05, 0) is 30.7 Å². The molecular formula is C18H17N3O4. The van der Waals surface area contributed by atoms with Crippen molar-refractivity contribution < 1.29 is 14.5 Å². The summed E-state index contributed by atoms with van der Waals surface area (Å²) in [6.45, 7) is 3.21. The maximum atomic E-state index is 12.4. The third-order valence-electron chi connectivity index (χ3n) is 3.26. The van der Waals surface area contributed by atoms with Gasteiger partial charge in [-0.15, -0.1) is 0 Å². The van der Waals surface area contributed by atoms with Gasteiger partial charge in [0.25, 0.3) is 11.6 Å². The quantitative estimate of drug-likeness (QED) is 0.496. The molecule has 25 heavy (non-hydrogen) atoms. The van der Waals surface area contributed by atoms with Gasteiger partial charge in [0.05, 0.1) is 4.92 Å². The Morgan fingerprint density at radius 1 is 1.12 bits per heavy atom. The van der Waals surface area contributed by atoms with Gasteiger partial charge in [0.1, 0.15) is 5.70 Å². The predicted octanol–water partition coefficient (Wildman–Crippen LogP) is 3.02. The molecule has 2 rings (SSSR count). The molecule has 2 aromatic carbocycles. The van der Waals surface area contributed by atoms with E-state index in [-0.39, 0.29) is 11.4 Å². The van der Waals surface area contributed by atoms with Crippen LogP contribution in [-0.2, 0) is 9.59 Å². The number of benzene rings is 2. The Morgan fingerprint density at radius 3 is 2.40 bits per heavy atom. The Kier molecular flexibility index (Phi) is 5.62. The van der Waals surface area contributed by atoms with Crippen LogP contribution in [0.5, 0.6) is 0 Å². The van der Waals surface area contributed by atoms with Crippen LogP contribution in [0.1, 0.15) is 18.1 Å². The highest BCUT2D eigenvalue weighted by atomic mass is 16.6. The molecule has 0 aliphatic rings. The lowest BCUT2D eigenvalue weighted by Gasteiger charge is -2.10. The molecule has 2 amide bonds. The van der Waals surface area contributed by atoms with Crippen LogP contribution in [0.2, 0.25) is 0 Å². The second-order valence-corrected chi connectivity index (χ2v) is 5.41. The van der Waals surface area contributed by atoms with Crippen LogP contribution in [0.4, 0.5) is 11.4 Å². The number of amides is 2. The summed E-state index contributed by atoms with van der Waals surface area (Å²) < 4.78 is 0. The second kappa shape index (κ2) is 7.87. The van der Waals surface area contributed by atoms with E-state index >= 15 is 0 Å². The van der Waals surface area contributed by atoms with Gasteiger partial charge in [-0.2, -0.15) is 0 Å². The largest absolute Gasteiger partial charge is 0.322 e. The number of carbonyl (C=O) groups is 2. The van der Waals surface area contributed by atoms with E-state index in [0.717, 1.165) is 5.56 Å². The van der Waals surface area contributed by atoms with Gasteiger partial charge >= 0.3 is 0 Å². The zero-order valence-corrected chi connectivity index (χ0v) is 13.8. The molecule has 0 unspecified atom stereocenters. The Bertz CT molecular complexity index is 842. The standard InChI is InChI=1S/C18H17N3O4/c1-12-6-8-15(9-7-12)20-18(23)17(19-13(2)22)11-14-4-3-5-16(10-14)21(24)25/h3-11H,1-2H3,(H,19,22)(H,20,23). The molecule has 0 spiro atoms. The van der Waals surface area contributed by atoms with E-state index in [1.165, 1.54) is 31.2 Å². The molecule has 7 heteroatoms. The Balaban J connectivity index is 2.29. The molecule has 0 saturated carbocycles. The lowest BCUT2D eigenvalue weighted by molar-refractivity contribution is -0.384. The fourth-order valence-corrected chi connectivity index (χ4v) is 2.08. The number of nitro benzene ring substituents is 1. The van der Waals surface area contributed by atoms with Crippen molar-refractivity contribution in [2.75, 3.05) is 5.32 Å². The van der Waals surface area contributed by atoms with E-state index in [1.54, 1.807) is 18.2 Å². The topological polar surface area (TPSA) is 101 Å². The summed E-state index contributed by atoms with van der Waals surface area (Å²) in [7, 11) is 0. The first-order chi connectivity index (χ1) is 11.8. The SMILES string of the molecule is CC(=O)NC(=Cc1cccc([N+](=O)[O-])c1)C(=O)Nc1ccc(C)cc1. The molecule has 0 fully saturated rings. The molecule has 0 saturated heterocycles. The molecular weight excluding hydrogens is 322 g/mol. The summed E-state index contributed by atoms with van der Waals surface area (Å²) >= 11 is 0. The van der Waals surface area contributed by atoms with Crippen molar-refractivity contribution in [1.29, 1.82) is 0 Å². The monoisotopic (exact) mass is 339 g/mol. The molecule has 0 aliphatic carbocycles. The maximum Gasteiger partial charge on any atom is 0.272 e. The second-order valence-electron chi connectivity index (χ2n) is 5.41. The van der Waals surface area contributed by atoms with Crippen LogP contribution in [-0.4, -0.2) is 16.7 Å². The van der Waals surface area contributed by atoms with Gasteiger partial charge in [0.2, 0.25) is 5.91 Å². The molecule has 2 aromatic rings. The minimum absolute atomic E-state index is 0.00595. The Morgan fingerprint density at radius 2 is 1.80 bits per heavy atom. The molecule has 0 bridgehead atoms. The number of anilines is 1. The minimum Gasteiger partial charge on any atom is -0.322 e. The van der Waals surface area contributed by atoms with Gasteiger partial charge < -0.3 is 10.6 Å². The number of hydrogen-bond acceptors (Lipinski definition) is 4. The van der Waals surface area contributed by atoms with Crippen molar-refractivity contribution >= 4 is 29.3 Å². The van der Waals surface area contributed by atoms with Crippen molar-refractivity contribution in [3.8, 4) is 0 Å². The highest BCUT2D eigenvalue weighted by molar-refractivity contribution is 6.08. The average molecular weight is 339 g/mol. The number of carbonyl (C=O) groups excluding carboxylic acids is 2. The molecule has 0 radical (unpaired) electrons. The fraction of sp³-hybridized carbons (Fsp3) is 0.111. The summed E-state index contributed by atoms with van der Waals surface area (Å²) in [6, 6.07) is 13.0. The van der Waals surface area contributed by atoms with E-state index in [4.69, 9.17) is 0 Å². The van der Waals surface area contributed by atoms with Crippen molar-refractivity contribution in [3.05, 3.63) is 75.5 Å². The van der Waals surface area contributed by atoms with Gasteiger partial charge in [-0.25, -0.2) is 0 Å². The van der Waals surface area contributed by atoms with Gasteiger partial charge in [0, 0.05) is 24.7 Å². The lowest BCUT2D eigenvalue weighted by atomic mass is 10.1. The molecule has 0 aromatic heterocycles. The number of nitro groups is 1.